The summed E-state index contributed by atoms with van der Waals surface area (Å²) in [6.45, 7) is 4.25. The summed E-state index contributed by atoms with van der Waals surface area (Å²) in [4.78, 5) is 17.1. The first kappa shape index (κ1) is 12.5. The van der Waals surface area contributed by atoms with Crippen LogP contribution in [0.15, 0.2) is 6.20 Å². The van der Waals surface area contributed by atoms with E-state index < -0.39 is 0 Å². The number of nitrogens with zero attached hydrogens (tertiary/aromatic N) is 1. The number of nitrogens with one attached hydrogen (secondary N) is 2. The topological polar surface area (TPSA) is 54.0 Å². The molecule has 1 amide bonds. The molecule has 1 aliphatic heterocycles. The Kier molecular flexibility index (Phi) is 4.50. The van der Waals surface area contributed by atoms with Crippen LogP contribution in [0.3, 0.4) is 0 Å². The third-order valence-corrected chi connectivity index (χ3v) is 4.15. The highest BCUT2D eigenvalue weighted by Crippen LogP contribution is 2.19. The number of anilines is 1. The number of amides is 1. The fourth-order valence-corrected chi connectivity index (χ4v) is 2.77. The number of thiazole rings is 1. The molecular formula is C12H19N3OS. The maximum Gasteiger partial charge on any atom is 0.226 e. The average molecular weight is 253 g/mol. The van der Waals surface area contributed by atoms with Gasteiger partial charge in [-0.15, -0.1) is 11.3 Å². The van der Waals surface area contributed by atoms with Crippen molar-refractivity contribution in [3.63, 3.8) is 0 Å². The van der Waals surface area contributed by atoms with Gasteiger partial charge < -0.3 is 10.6 Å². The molecule has 1 aromatic rings. The first-order valence-corrected chi connectivity index (χ1v) is 7.05. The Morgan fingerprint density at radius 3 is 3.24 bits per heavy atom. The summed E-state index contributed by atoms with van der Waals surface area (Å²) < 4.78 is 0. The van der Waals surface area contributed by atoms with Crippen molar-refractivity contribution in [2.75, 3.05) is 18.4 Å². The molecule has 1 aliphatic rings. The van der Waals surface area contributed by atoms with Crippen molar-refractivity contribution < 1.29 is 4.79 Å². The molecule has 0 aromatic carbocycles. The Hall–Kier alpha value is -0.940. The Balaban J connectivity index is 1.72. The van der Waals surface area contributed by atoms with Gasteiger partial charge in [0.15, 0.2) is 5.13 Å². The van der Waals surface area contributed by atoms with E-state index in [0.29, 0.717) is 12.3 Å². The van der Waals surface area contributed by atoms with Crippen molar-refractivity contribution in [3.05, 3.63) is 11.1 Å². The van der Waals surface area contributed by atoms with Crippen molar-refractivity contribution in [3.8, 4) is 0 Å². The van der Waals surface area contributed by atoms with Gasteiger partial charge in [-0.1, -0.05) is 6.92 Å². The average Bonchev–Trinajstić information content (AvgIpc) is 2.97. The summed E-state index contributed by atoms with van der Waals surface area (Å²) in [5, 5.41) is 6.92. The van der Waals surface area contributed by atoms with Crippen molar-refractivity contribution in [2.45, 2.75) is 32.6 Å². The molecule has 0 saturated carbocycles. The van der Waals surface area contributed by atoms with Gasteiger partial charge in [0, 0.05) is 17.5 Å². The highest BCUT2D eigenvalue weighted by Gasteiger charge is 2.16. The van der Waals surface area contributed by atoms with Crippen LogP contribution in [-0.4, -0.2) is 24.0 Å². The molecule has 1 atom stereocenters. The minimum absolute atomic E-state index is 0.0916. The lowest BCUT2D eigenvalue weighted by Crippen LogP contribution is -2.14. The molecule has 1 unspecified atom stereocenters. The predicted molar refractivity (Wildman–Crippen MR) is 70.3 cm³/mol. The van der Waals surface area contributed by atoms with Gasteiger partial charge in [-0.3, -0.25) is 4.79 Å². The third kappa shape index (κ3) is 3.78. The van der Waals surface area contributed by atoms with E-state index >= 15 is 0 Å². The van der Waals surface area contributed by atoms with Crippen LogP contribution in [0.4, 0.5) is 5.13 Å². The smallest absolute Gasteiger partial charge is 0.226 e. The standard InChI is InChI=1S/C12H19N3OS/c1-2-10-8-14-12(17-10)15-11(16)4-3-9-5-6-13-7-9/h8-9,13H,2-7H2,1H3,(H,14,15,16). The Bertz CT molecular complexity index is 372. The molecule has 1 aromatic heterocycles. The summed E-state index contributed by atoms with van der Waals surface area (Å²) in [5.74, 6) is 0.761. The molecule has 2 N–H and O–H groups in total. The molecule has 0 aliphatic carbocycles. The van der Waals surface area contributed by atoms with E-state index in [1.54, 1.807) is 11.3 Å². The van der Waals surface area contributed by atoms with Gasteiger partial charge in [-0.2, -0.15) is 0 Å². The minimum atomic E-state index is 0.0916. The lowest BCUT2D eigenvalue weighted by molar-refractivity contribution is -0.116. The summed E-state index contributed by atoms with van der Waals surface area (Å²) in [5.41, 5.74) is 0. The van der Waals surface area contributed by atoms with Crippen molar-refractivity contribution >= 4 is 22.4 Å². The predicted octanol–water partition coefficient (Wildman–Crippen LogP) is 2.03. The molecule has 0 bridgehead atoms. The van der Waals surface area contributed by atoms with Gasteiger partial charge in [0.2, 0.25) is 5.91 Å². The first-order chi connectivity index (χ1) is 8.28. The number of carbonyl (C=O) groups is 1. The Morgan fingerprint density at radius 1 is 1.71 bits per heavy atom. The highest BCUT2D eigenvalue weighted by molar-refractivity contribution is 7.15. The van der Waals surface area contributed by atoms with Gasteiger partial charge in [0.1, 0.15) is 0 Å². The van der Waals surface area contributed by atoms with Crippen LogP contribution < -0.4 is 10.6 Å². The maximum atomic E-state index is 11.7. The van der Waals surface area contributed by atoms with Crippen molar-refractivity contribution in [1.29, 1.82) is 0 Å². The van der Waals surface area contributed by atoms with E-state index in [2.05, 4.69) is 22.5 Å². The molecule has 2 heterocycles. The maximum absolute atomic E-state index is 11.7. The second-order valence-electron chi connectivity index (χ2n) is 4.43. The molecule has 0 spiro atoms. The quantitative estimate of drug-likeness (QED) is 0.844. The van der Waals surface area contributed by atoms with Gasteiger partial charge in [-0.25, -0.2) is 4.98 Å². The highest BCUT2D eigenvalue weighted by atomic mass is 32.1. The molecule has 1 fully saturated rings. The molecule has 4 nitrogen and oxygen atoms in total. The molecular weight excluding hydrogens is 234 g/mol. The molecule has 5 heteroatoms. The number of aromatic nitrogens is 1. The number of aryl methyl sites for hydroxylation is 1. The van der Waals surface area contributed by atoms with Crippen LogP contribution >= 0.6 is 11.3 Å². The number of hydrogen-bond donors (Lipinski definition) is 2. The SMILES string of the molecule is CCc1cnc(NC(=O)CCC2CCNC2)s1. The van der Waals surface area contributed by atoms with E-state index in [9.17, 15) is 4.79 Å². The largest absolute Gasteiger partial charge is 0.316 e. The van der Waals surface area contributed by atoms with Crippen LogP contribution in [0.2, 0.25) is 0 Å². The Labute approximate surface area is 106 Å². The van der Waals surface area contributed by atoms with Crippen LogP contribution in [0.25, 0.3) is 0 Å². The number of rotatable bonds is 5. The van der Waals surface area contributed by atoms with Crippen molar-refractivity contribution in [1.82, 2.24) is 10.3 Å². The second-order valence-corrected chi connectivity index (χ2v) is 5.55. The molecule has 2 rings (SSSR count). The summed E-state index contributed by atoms with van der Waals surface area (Å²) in [6.07, 6.45) is 5.59. The van der Waals surface area contributed by atoms with Gasteiger partial charge in [-0.05, 0) is 38.3 Å². The summed E-state index contributed by atoms with van der Waals surface area (Å²) in [6, 6.07) is 0. The summed E-state index contributed by atoms with van der Waals surface area (Å²) in [7, 11) is 0. The lowest BCUT2D eigenvalue weighted by atomic mass is 10.0. The summed E-state index contributed by atoms with van der Waals surface area (Å²) >= 11 is 1.56. The number of hydrogen-bond acceptors (Lipinski definition) is 4. The number of carbonyl (C=O) groups excluding carboxylic acids is 1. The lowest BCUT2D eigenvalue weighted by Gasteiger charge is -2.06. The van der Waals surface area contributed by atoms with Gasteiger partial charge in [0.05, 0.1) is 0 Å². The van der Waals surface area contributed by atoms with Crippen LogP contribution in [0, 0.1) is 5.92 Å². The fourth-order valence-electron chi connectivity index (χ4n) is 2.01. The zero-order valence-electron chi connectivity index (χ0n) is 10.2. The Morgan fingerprint density at radius 2 is 2.59 bits per heavy atom. The minimum Gasteiger partial charge on any atom is -0.316 e. The molecule has 17 heavy (non-hydrogen) atoms. The van der Waals surface area contributed by atoms with Gasteiger partial charge in [0.25, 0.3) is 0 Å². The molecule has 94 valence electrons. The first-order valence-electron chi connectivity index (χ1n) is 6.23. The van der Waals surface area contributed by atoms with Gasteiger partial charge >= 0.3 is 0 Å². The second kappa shape index (κ2) is 6.12. The monoisotopic (exact) mass is 253 g/mol. The zero-order chi connectivity index (χ0) is 12.1. The van der Waals surface area contributed by atoms with E-state index in [4.69, 9.17) is 0 Å². The van der Waals surface area contributed by atoms with Crippen LogP contribution in [-0.2, 0) is 11.2 Å². The van der Waals surface area contributed by atoms with Crippen LogP contribution in [0.5, 0.6) is 0 Å². The van der Waals surface area contributed by atoms with E-state index in [0.717, 1.165) is 31.1 Å². The normalized spacial score (nSPS) is 19.5. The molecule has 0 radical (unpaired) electrons. The van der Waals surface area contributed by atoms with E-state index in [-0.39, 0.29) is 5.91 Å². The third-order valence-electron chi connectivity index (χ3n) is 3.09. The van der Waals surface area contributed by atoms with Crippen molar-refractivity contribution in [2.24, 2.45) is 5.92 Å². The van der Waals surface area contributed by atoms with E-state index in [1.807, 2.05) is 6.20 Å². The zero-order valence-corrected chi connectivity index (χ0v) is 11.0. The molecule has 1 saturated heterocycles. The fraction of sp³-hybridized carbons (Fsp3) is 0.667. The van der Waals surface area contributed by atoms with E-state index in [1.165, 1.54) is 11.3 Å². The van der Waals surface area contributed by atoms with Crippen LogP contribution in [0.1, 0.15) is 31.1 Å².